The number of fused-ring (bicyclic) bond motifs is 1. The van der Waals surface area contributed by atoms with Crippen molar-refractivity contribution in [3.63, 3.8) is 0 Å². The molecule has 2 aliphatic rings. The van der Waals surface area contributed by atoms with E-state index in [0.29, 0.717) is 24.1 Å². The first-order valence-electron chi connectivity index (χ1n) is 7.25. The summed E-state index contributed by atoms with van der Waals surface area (Å²) in [6.45, 7) is 1.11. The highest BCUT2D eigenvalue weighted by Gasteiger charge is 2.17. The van der Waals surface area contributed by atoms with Gasteiger partial charge in [0.1, 0.15) is 18.5 Å². The van der Waals surface area contributed by atoms with Gasteiger partial charge in [0, 0.05) is 18.7 Å². The van der Waals surface area contributed by atoms with Crippen LogP contribution in [0.2, 0.25) is 0 Å². The summed E-state index contributed by atoms with van der Waals surface area (Å²) in [5.41, 5.74) is 0. The van der Waals surface area contributed by atoms with Crippen LogP contribution >= 0.6 is 0 Å². The lowest BCUT2D eigenvalue weighted by atomic mass is 10.2. The summed E-state index contributed by atoms with van der Waals surface area (Å²) in [4.78, 5) is 0. The van der Waals surface area contributed by atoms with Gasteiger partial charge in [-0.1, -0.05) is 12.8 Å². The van der Waals surface area contributed by atoms with Gasteiger partial charge in [-0.2, -0.15) is 0 Å². The second kappa shape index (κ2) is 6.33. The first-order chi connectivity index (χ1) is 9.81. The van der Waals surface area contributed by atoms with E-state index in [1.807, 2.05) is 12.1 Å². The van der Waals surface area contributed by atoms with E-state index < -0.39 is 6.10 Å². The zero-order chi connectivity index (χ0) is 13.8. The molecule has 0 aromatic heterocycles. The molecule has 5 nitrogen and oxygen atoms in total. The average Bonchev–Trinajstić information content (AvgIpc) is 3.13. The highest BCUT2D eigenvalue weighted by Crippen LogP contribution is 2.35. The lowest BCUT2D eigenvalue weighted by Crippen LogP contribution is -2.36. The van der Waals surface area contributed by atoms with Crippen molar-refractivity contribution in [1.82, 2.24) is 5.32 Å². The van der Waals surface area contributed by atoms with Gasteiger partial charge in [0.2, 0.25) is 6.79 Å². The van der Waals surface area contributed by atoms with E-state index in [1.165, 1.54) is 25.7 Å². The van der Waals surface area contributed by atoms with Crippen LogP contribution in [0, 0.1) is 0 Å². The van der Waals surface area contributed by atoms with Gasteiger partial charge in [0.05, 0.1) is 0 Å². The van der Waals surface area contributed by atoms with E-state index in [0.717, 1.165) is 5.75 Å². The molecule has 1 aliphatic carbocycles. The number of ether oxygens (including phenoxy) is 3. The predicted molar refractivity (Wildman–Crippen MR) is 74.3 cm³/mol. The Morgan fingerprint density at radius 3 is 2.90 bits per heavy atom. The normalized spacial score (nSPS) is 19.2. The van der Waals surface area contributed by atoms with Crippen LogP contribution in [0.1, 0.15) is 25.7 Å². The molecule has 2 N–H and O–H groups in total. The molecule has 0 radical (unpaired) electrons. The molecule has 20 heavy (non-hydrogen) atoms. The first-order valence-corrected chi connectivity index (χ1v) is 7.25. The molecule has 1 heterocycles. The number of aliphatic hydroxyl groups excluding tert-OH is 1. The van der Waals surface area contributed by atoms with Crippen molar-refractivity contribution in [3.05, 3.63) is 18.2 Å². The Morgan fingerprint density at radius 2 is 2.05 bits per heavy atom. The molecular formula is C15H21NO4. The van der Waals surface area contributed by atoms with Crippen molar-refractivity contribution >= 4 is 0 Å². The second-order valence-electron chi connectivity index (χ2n) is 5.37. The van der Waals surface area contributed by atoms with E-state index in [-0.39, 0.29) is 13.4 Å². The molecule has 1 aliphatic heterocycles. The summed E-state index contributed by atoms with van der Waals surface area (Å²) < 4.78 is 16.1. The average molecular weight is 279 g/mol. The van der Waals surface area contributed by atoms with Crippen LogP contribution in [0.4, 0.5) is 0 Å². The van der Waals surface area contributed by atoms with Crippen molar-refractivity contribution in [2.75, 3.05) is 19.9 Å². The molecule has 1 atom stereocenters. The minimum atomic E-state index is -0.499. The molecule has 5 heteroatoms. The summed E-state index contributed by atoms with van der Waals surface area (Å²) >= 11 is 0. The molecule has 0 bridgehead atoms. The minimum absolute atomic E-state index is 0.257. The van der Waals surface area contributed by atoms with Crippen LogP contribution in [0.5, 0.6) is 17.2 Å². The Bertz CT molecular complexity index is 445. The van der Waals surface area contributed by atoms with Crippen LogP contribution in [-0.2, 0) is 0 Å². The topological polar surface area (TPSA) is 60.0 Å². The monoisotopic (exact) mass is 279 g/mol. The third-order valence-corrected chi connectivity index (χ3v) is 3.78. The molecule has 1 fully saturated rings. The maximum atomic E-state index is 9.92. The van der Waals surface area contributed by atoms with Crippen molar-refractivity contribution in [2.45, 2.75) is 37.8 Å². The van der Waals surface area contributed by atoms with E-state index in [1.54, 1.807) is 6.07 Å². The fraction of sp³-hybridized carbons (Fsp3) is 0.600. The number of aliphatic hydroxyl groups is 1. The fourth-order valence-corrected chi connectivity index (χ4v) is 2.65. The molecule has 110 valence electrons. The summed E-state index contributed by atoms with van der Waals surface area (Å²) in [5, 5.41) is 13.3. The Kier molecular flexibility index (Phi) is 4.28. The molecule has 0 spiro atoms. The maximum Gasteiger partial charge on any atom is 0.231 e. The van der Waals surface area contributed by atoms with Gasteiger partial charge >= 0.3 is 0 Å². The van der Waals surface area contributed by atoms with Crippen molar-refractivity contribution in [2.24, 2.45) is 0 Å². The van der Waals surface area contributed by atoms with Crippen LogP contribution < -0.4 is 19.5 Å². The highest BCUT2D eigenvalue weighted by molar-refractivity contribution is 5.46. The number of nitrogens with one attached hydrogen (secondary N) is 1. The fourth-order valence-electron chi connectivity index (χ4n) is 2.65. The molecule has 3 rings (SSSR count). The van der Waals surface area contributed by atoms with Gasteiger partial charge in [0.15, 0.2) is 11.5 Å². The van der Waals surface area contributed by atoms with Gasteiger partial charge in [-0.25, -0.2) is 0 Å². The summed E-state index contributed by atoms with van der Waals surface area (Å²) in [5.74, 6) is 2.12. The quantitative estimate of drug-likeness (QED) is 0.830. The third-order valence-electron chi connectivity index (χ3n) is 3.78. The zero-order valence-corrected chi connectivity index (χ0v) is 11.5. The van der Waals surface area contributed by atoms with Crippen molar-refractivity contribution < 1.29 is 19.3 Å². The smallest absolute Gasteiger partial charge is 0.231 e. The van der Waals surface area contributed by atoms with E-state index in [9.17, 15) is 5.11 Å². The molecule has 1 aromatic carbocycles. The SMILES string of the molecule is O[C@@H](CNC1CCCC1)COc1ccc2c(c1)OCO2. The Morgan fingerprint density at radius 1 is 1.25 bits per heavy atom. The first kappa shape index (κ1) is 13.5. The highest BCUT2D eigenvalue weighted by atomic mass is 16.7. The van der Waals surface area contributed by atoms with E-state index in [4.69, 9.17) is 14.2 Å². The van der Waals surface area contributed by atoms with Crippen LogP contribution in [-0.4, -0.2) is 37.2 Å². The summed E-state index contributed by atoms with van der Waals surface area (Å²) in [6, 6.07) is 6.00. The van der Waals surface area contributed by atoms with Crippen molar-refractivity contribution in [1.29, 1.82) is 0 Å². The molecule has 0 saturated heterocycles. The number of rotatable bonds is 6. The summed E-state index contributed by atoms with van der Waals surface area (Å²) in [6.07, 6.45) is 4.52. The Hall–Kier alpha value is -1.46. The predicted octanol–water partition coefficient (Wildman–Crippen LogP) is 1.69. The lowest BCUT2D eigenvalue weighted by Gasteiger charge is -2.16. The number of benzene rings is 1. The van der Waals surface area contributed by atoms with Gasteiger partial charge < -0.3 is 24.6 Å². The lowest BCUT2D eigenvalue weighted by molar-refractivity contribution is 0.103. The van der Waals surface area contributed by atoms with Crippen LogP contribution in [0.25, 0.3) is 0 Å². The molecule has 1 aromatic rings. The molecule has 0 unspecified atom stereocenters. The van der Waals surface area contributed by atoms with Gasteiger partial charge in [0.25, 0.3) is 0 Å². The Balaban J connectivity index is 1.41. The van der Waals surface area contributed by atoms with Crippen LogP contribution in [0.15, 0.2) is 18.2 Å². The van der Waals surface area contributed by atoms with Gasteiger partial charge in [-0.05, 0) is 25.0 Å². The van der Waals surface area contributed by atoms with Gasteiger partial charge in [-0.15, -0.1) is 0 Å². The van der Waals surface area contributed by atoms with Crippen molar-refractivity contribution in [3.8, 4) is 17.2 Å². The molecular weight excluding hydrogens is 258 g/mol. The maximum absolute atomic E-state index is 9.92. The van der Waals surface area contributed by atoms with Crippen LogP contribution in [0.3, 0.4) is 0 Å². The van der Waals surface area contributed by atoms with Gasteiger partial charge in [-0.3, -0.25) is 0 Å². The Labute approximate surface area is 118 Å². The second-order valence-corrected chi connectivity index (χ2v) is 5.37. The zero-order valence-electron chi connectivity index (χ0n) is 11.5. The number of hydrogen-bond donors (Lipinski definition) is 2. The largest absolute Gasteiger partial charge is 0.491 e. The van der Waals surface area contributed by atoms with E-state index in [2.05, 4.69) is 5.32 Å². The number of hydrogen-bond acceptors (Lipinski definition) is 5. The third kappa shape index (κ3) is 3.35. The molecule has 0 amide bonds. The molecule has 1 saturated carbocycles. The summed E-state index contributed by atoms with van der Waals surface area (Å²) in [7, 11) is 0. The minimum Gasteiger partial charge on any atom is -0.491 e. The van der Waals surface area contributed by atoms with E-state index >= 15 is 0 Å². The standard InChI is InChI=1S/C15H21NO4/c17-12(8-16-11-3-1-2-4-11)9-18-13-5-6-14-15(7-13)20-10-19-14/h5-7,11-12,16-17H,1-4,8-10H2/t12-/m0/s1.